The van der Waals surface area contributed by atoms with E-state index in [1.54, 1.807) is 6.92 Å². The van der Waals surface area contributed by atoms with E-state index in [1.165, 1.54) is 6.08 Å². The van der Waals surface area contributed by atoms with E-state index >= 15 is 0 Å². The third-order valence-corrected chi connectivity index (χ3v) is 1.99. The van der Waals surface area contributed by atoms with Gasteiger partial charge in [-0.1, -0.05) is 6.08 Å². The Kier molecular flexibility index (Phi) is 8.13. The molecule has 7 heteroatoms. The van der Waals surface area contributed by atoms with Gasteiger partial charge in [0.1, 0.15) is 6.26 Å². The third kappa shape index (κ3) is 7.14. The Morgan fingerprint density at radius 1 is 1.43 bits per heavy atom. The molecule has 14 heavy (non-hydrogen) atoms. The third-order valence-electron chi connectivity index (χ3n) is 0.969. The molecule has 0 aromatic rings. The maximum atomic E-state index is 10.9. The summed E-state index contributed by atoms with van der Waals surface area (Å²) in [5.74, 6) is -1.55. The van der Waals surface area contributed by atoms with Crippen LogP contribution in [0.3, 0.4) is 0 Å². The first-order chi connectivity index (χ1) is 5.89. The van der Waals surface area contributed by atoms with Crippen molar-refractivity contribution in [1.29, 1.82) is 0 Å². The average Bonchev–Trinajstić information content (AvgIpc) is 2.00. The zero-order chi connectivity index (χ0) is 10.5. The normalized spacial score (nSPS) is 12.3. The summed E-state index contributed by atoms with van der Waals surface area (Å²) < 4.78 is 26.0. The molecule has 0 aliphatic carbocycles. The second-order valence-electron chi connectivity index (χ2n) is 2.15. The van der Waals surface area contributed by atoms with Gasteiger partial charge in [0.2, 0.25) is 0 Å². The number of carboxylic acid groups (broad SMARTS) is 1. The van der Waals surface area contributed by atoms with Crippen LogP contribution in [0.5, 0.6) is 0 Å². The largest absolute Gasteiger partial charge is 1.00 e. The molecule has 0 amide bonds. The molecule has 0 fully saturated rings. The molecule has 0 heterocycles. The Bertz CT molecular complexity index is 341. The van der Waals surface area contributed by atoms with Crippen LogP contribution in [-0.2, 0) is 19.1 Å². The van der Waals surface area contributed by atoms with E-state index < -0.39 is 21.7 Å². The molecule has 0 bridgehead atoms. The summed E-state index contributed by atoms with van der Waals surface area (Å²) in [7, 11) is -3.96. The van der Waals surface area contributed by atoms with E-state index in [0.717, 1.165) is 13.2 Å². The number of rotatable bonds is 4. The summed E-state index contributed by atoms with van der Waals surface area (Å²) >= 11 is 0. The molecule has 5 nitrogen and oxygen atoms in total. The number of carbonyl (C=O) groups is 1. The maximum absolute atomic E-state index is 10.9. The van der Waals surface area contributed by atoms with Crippen molar-refractivity contribution >= 4 is 16.1 Å². The van der Waals surface area contributed by atoms with Crippen molar-refractivity contribution in [2.24, 2.45) is 0 Å². The smallest absolute Gasteiger partial charge is 0.545 e. The van der Waals surface area contributed by atoms with Crippen LogP contribution in [0.2, 0.25) is 0 Å². The topological polar surface area (TPSA) is 83.5 Å². The van der Waals surface area contributed by atoms with Crippen LogP contribution < -0.4 is 34.7 Å². The molecule has 0 aromatic heterocycles. The molecule has 0 atom stereocenters. The van der Waals surface area contributed by atoms with Gasteiger partial charge in [-0.2, -0.15) is 8.42 Å². The Labute approximate surface area is 105 Å². The van der Waals surface area contributed by atoms with Gasteiger partial charge < -0.3 is 14.1 Å². The minimum atomic E-state index is -3.96. The molecule has 0 unspecified atom stereocenters. The quantitative estimate of drug-likeness (QED) is 0.216. The molecule has 0 saturated carbocycles. The number of hydrogen-bond donors (Lipinski definition) is 0. The summed E-state index contributed by atoms with van der Waals surface area (Å²) in [6.07, 6.45) is 2.30. The minimum absolute atomic E-state index is 0. The standard InChI is InChI=1S/C7H10O5S.Na/c1-3-4-12-13(10,11)5-6(2)7(8)9;/h3-5H,1-2H3,(H,8,9);/q;+1/p-1. The van der Waals surface area contributed by atoms with Crippen molar-refractivity contribution in [3.8, 4) is 0 Å². The number of hydrogen-bond acceptors (Lipinski definition) is 5. The van der Waals surface area contributed by atoms with E-state index in [0.29, 0.717) is 5.41 Å². The molecule has 0 spiro atoms. The predicted octanol–water partition coefficient (Wildman–Crippen LogP) is -3.48. The monoisotopic (exact) mass is 228 g/mol. The molecule has 0 N–H and O–H groups in total. The second-order valence-corrected chi connectivity index (χ2v) is 3.56. The Morgan fingerprint density at radius 3 is 2.29 bits per heavy atom. The molecule has 0 rings (SSSR count). The van der Waals surface area contributed by atoms with Crippen LogP contribution in [-0.4, -0.2) is 14.4 Å². The molecule has 0 radical (unpaired) electrons. The summed E-state index contributed by atoms with van der Waals surface area (Å²) in [5, 5.41) is 10.6. The van der Waals surface area contributed by atoms with Gasteiger partial charge in [-0.05, 0) is 19.4 Å². The van der Waals surface area contributed by atoms with Crippen molar-refractivity contribution in [2.45, 2.75) is 13.8 Å². The van der Waals surface area contributed by atoms with Crippen LogP contribution in [0.25, 0.3) is 0 Å². The van der Waals surface area contributed by atoms with Gasteiger partial charge in [-0.15, -0.1) is 0 Å². The van der Waals surface area contributed by atoms with Gasteiger partial charge in [0.25, 0.3) is 0 Å². The van der Waals surface area contributed by atoms with Gasteiger partial charge in [-0.3, -0.25) is 0 Å². The summed E-state index contributed by atoms with van der Waals surface area (Å²) in [6, 6.07) is 0. The SMILES string of the molecule is CC=COS(=O)(=O)C=C(C)C(=O)[O-].[Na+]. The number of allylic oxidation sites excluding steroid dienone is 1. The second kappa shape index (κ2) is 7.05. The first-order valence-corrected chi connectivity index (χ1v) is 4.80. The van der Waals surface area contributed by atoms with E-state index in [1.807, 2.05) is 0 Å². The van der Waals surface area contributed by atoms with Gasteiger partial charge >= 0.3 is 39.7 Å². The molecular weight excluding hydrogens is 219 g/mol. The van der Waals surface area contributed by atoms with Crippen molar-refractivity contribution < 1.29 is 52.1 Å². The summed E-state index contributed by atoms with van der Waals surface area (Å²) in [4.78, 5) is 10.1. The number of aliphatic carboxylic acids is 1. The van der Waals surface area contributed by atoms with E-state index in [9.17, 15) is 18.3 Å². The van der Waals surface area contributed by atoms with Crippen LogP contribution in [0, 0.1) is 0 Å². The Hall–Kier alpha value is -0.300. The van der Waals surface area contributed by atoms with Gasteiger partial charge in [0.05, 0.1) is 11.4 Å². The molecule has 0 aliphatic heterocycles. The van der Waals surface area contributed by atoms with E-state index in [-0.39, 0.29) is 29.6 Å². The van der Waals surface area contributed by atoms with E-state index in [4.69, 9.17) is 0 Å². The van der Waals surface area contributed by atoms with Crippen molar-refractivity contribution in [3.63, 3.8) is 0 Å². The fourth-order valence-corrected chi connectivity index (χ4v) is 1.28. The van der Waals surface area contributed by atoms with Crippen molar-refractivity contribution in [3.05, 3.63) is 23.3 Å². The maximum Gasteiger partial charge on any atom is 1.00 e. The molecule has 0 aliphatic rings. The number of carboxylic acids is 1. The predicted molar refractivity (Wildman–Crippen MR) is 43.6 cm³/mol. The Morgan fingerprint density at radius 2 is 1.93 bits per heavy atom. The first-order valence-electron chi connectivity index (χ1n) is 3.33. The fourth-order valence-electron chi connectivity index (χ4n) is 0.425. The van der Waals surface area contributed by atoms with Crippen molar-refractivity contribution in [1.82, 2.24) is 0 Å². The fraction of sp³-hybridized carbons (Fsp3) is 0.286. The first kappa shape index (κ1) is 16.1. The number of carbonyl (C=O) groups excluding carboxylic acids is 1. The minimum Gasteiger partial charge on any atom is -0.545 e. The van der Waals surface area contributed by atoms with Gasteiger partial charge in [0, 0.05) is 0 Å². The molecule has 74 valence electrons. The summed E-state index contributed by atoms with van der Waals surface area (Å²) in [6.45, 7) is 2.66. The van der Waals surface area contributed by atoms with Crippen molar-refractivity contribution in [2.75, 3.05) is 0 Å². The van der Waals surface area contributed by atoms with Crippen LogP contribution >= 0.6 is 0 Å². The summed E-state index contributed by atoms with van der Waals surface area (Å²) in [5.41, 5.74) is -0.412. The Balaban J connectivity index is 0. The van der Waals surface area contributed by atoms with E-state index in [2.05, 4.69) is 4.18 Å². The molecule has 0 saturated heterocycles. The average molecular weight is 228 g/mol. The van der Waals surface area contributed by atoms with Crippen LogP contribution in [0.4, 0.5) is 0 Å². The zero-order valence-electron chi connectivity index (χ0n) is 8.18. The molecular formula is C7H9NaO5S. The van der Waals surface area contributed by atoms with Gasteiger partial charge in [-0.25, -0.2) is 0 Å². The molecule has 0 aromatic carbocycles. The van der Waals surface area contributed by atoms with Gasteiger partial charge in [0.15, 0.2) is 0 Å². The van der Waals surface area contributed by atoms with Crippen LogP contribution in [0.15, 0.2) is 23.3 Å². The van der Waals surface area contributed by atoms with Crippen LogP contribution in [0.1, 0.15) is 13.8 Å². The zero-order valence-corrected chi connectivity index (χ0v) is 11.0.